The summed E-state index contributed by atoms with van der Waals surface area (Å²) in [5.41, 5.74) is 3.70. The molecular formula is C21H24N6O. The lowest BCUT2D eigenvalue weighted by Crippen LogP contribution is -2.38. The number of likely N-dealkylation sites (tertiary alicyclic amines) is 1. The second kappa shape index (κ2) is 7.80. The van der Waals surface area contributed by atoms with Gasteiger partial charge in [0.25, 0.3) is 5.91 Å². The van der Waals surface area contributed by atoms with E-state index in [1.165, 1.54) is 5.69 Å². The average Bonchev–Trinajstić information content (AvgIpc) is 3.28. The number of hydrogen-bond acceptors (Lipinski definition) is 5. The summed E-state index contributed by atoms with van der Waals surface area (Å²) in [4.78, 5) is 25.3. The quantitative estimate of drug-likeness (QED) is 0.757. The van der Waals surface area contributed by atoms with Crippen LogP contribution in [0.15, 0.2) is 48.9 Å². The molecule has 1 aliphatic heterocycles. The highest BCUT2D eigenvalue weighted by Crippen LogP contribution is 2.27. The Kier molecular flexibility index (Phi) is 5.06. The number of piperidine rings is 1. The minimum atomic E-state index is 0.0891. The molecule has 144 valence electrons. The Morgan fingerprint density at radius 2 is 1.86 bits per heavy atom. The van der Waals surface area contributed by atoms with Crippen molar-refractivity contribution in [1.29, 1.82) is 0 Å². The van der Waals surface area contributed by atoms with Crippen molar-refractivity contribution in [3.05, 3.63) is 60.2 Å². The minimum absolute atomic E-state index is 0.0891. The summed E-state index contributed by atoms with van der Waals surface area (Å²) in [7, 11) is 3.90. The van der Waals surface area contributed by atoms with Crippen LogP contribution in [-0.2, 0) is 0 Å². The third kappa shape index (κ3) is 3.74. The Morgan fingerprint density at radius 1 is 1.11 bits per heavy atom. The van der Waals surface area contributed by atoms with Gasteiger partial charge in [0.15, 0.2) is 0 Å². The van der Waals surface area contributed by atoms with Gasteiger partial charge in [0.05, 0.1) is 5.69 Å². The summed E-state index contributed by atoms with van der Waals surface area (Å²) in [6.45, 7) is 1.53. The SMILES string of the molecule is CN(C)c1cc(-c2ccc(C(=O)N3CCC(c4ccn[nH]4)CC3)cc2)ncn1. The molecule has 2 aromatic heterocycles. The molecule has 28 heavy (non-hydrogen) atoms. The van der Waals surface area contributed by atoms with Crippen molar-refractivity contribution in [2.24, 2.45) is 0 Å². The molecule has 7 heteroatoms. The number of anilines is 1. The number of hydrogen-bond donors (Lipinski definition) is 1. The number of aromatic nitrogens is 4. The fraction of sp³-hybridized carbons (Fsp3) is 0.333. The Morgan fingerprint density at radius 3 is 2.50 bits per heavy atom. The van der Waals surface area contributed by atoms with Crippen LogP contribution in [0.2, 0.25) is 0 Å². The molecule has 1 saturated heterocycles. The van der Waals surface area contributed by atoms with Crippen LogP contribution < -0.4 is 4.90 Å². The monoisotopic (exact) mass is 376 g/mol. The van der Waals surface area contributed by atoms with E-state index < -0.39 is 0 Å². The highest BCUT2D eigenvalue weighted by Gasteiger charge is 2.25. The number of carbonyl (C=O) groups is 1. The molecule has 0 aliphatic carbocycles. The molecule has 1 aromatic carbocycles. The predicted molar refractivity (Wildman–Crippen MR) is 108 cm³/mol. The van der Waals surface area contributed by atoms with Gasteiger partial charge < -0.3 is 9.80 Å². The molecule has 0 radical (unpaired) electrons. The van der Waals surface area contributed by atoms with Crippen molar-refractivity contribution in [1.82, 2.24) is 25.1 Å². The normalized spacial score (nSPS) is 14.9. The number of benzene rings is 1. The summed E-state index contributed by atoms with van der Waals surface area (Å²) in [5, 5.41) is 7.08. The lowest BCUT2D eigenvalue weighted by atomic mass is 9.93. The molecule has 0 saturated carbocycles. The Balaban J connectivity index is 1.43. The van der Waals surface area contributed by atoms with E-state index >= 15 is 0 Å². The van der Waals surface area contributed by atoms with Crippen molar-refractivity contribution in [3.63, 3.8) is 0 Å². The van der Waals surface area contributed by atoms with Crippen LogP contribution >= 0.6 is 0 Å². The number of amides is 1. The first kappa shape index (κ1) is 18.2. The predicted octanol–water partition coefficient (Wildman–Crippen LogP) is 2.95. The zero-order valence-corrected chi connectivity index (χ0v) is 16.2. The van der Waals surface area contributed by atoms with E-state index in [0.717, 1.165) is 43.0 Å². The highest BCUT2D eigenvalue weighted by molar-refractivity contribution is 5.94. The molecule has 1 fully saturated rings. The molecule has 3 aromatic rings. The lowest BCUT2D eigenvalue weighted by molar-refractivity contribution is 0.0712. The topological polar surface area (TPSA) is 78.0 Å². The Bertz CT molecular complexity index is 928. The molecule has 0 unspecified atom stereocenters. The second-order valence-electron chi connectivity index (χ2n) is 7.31. The van der Waals surface area contributed by atoms with Crippen LogP contribution in [0.25, 0.3) is 11.3 Å². The van der Waals surface area contributed by atoms with Gasteiger partial charge in [0.1, 0.15) is 12.1 Å². The lowest BCUT2D eigenvalue weighted by Gasteiger charge is -2.31. The number of nitrogens with zero attached hydrogens (tertiary/aromatic N) is 5. The molecule has 1 N–H and O–H groups in total. The van der Waals surface area contributed by atoms with Crippen LogP contribution in [0.1, 0.15) is 34.8 Å². The Hall–Kier alpha value is -3.22. The van der Waals surface area contributed by atoms with Crippen molar-refractivity contribution in [3.8, 4) is 11.3 Å². The summed E-state index contributed by atoms with van der Waals surface area (Å²) in [6.07, 6.45) is 5.27. The largest absolute Gasteiger partial charge is 0.363 e. The van der Waals surface area contributed by atoms with Gasteiger partial charge in [-0.15, -0.1) is 0 Å². The van der Waals surface area contributed by atoms with Crippen molar-refractivity contribution < 1.29 is 4.79 Å². The number of rotatable bonds is 4. The van der Waals surface area contributed by atoms with Gasteiger partial charge in [0, 0.05) is 62.2 Å². The molecule has 4 rings (SSSR count). The van der Waals surface area contributed by atoms with Gasteiger partial charge in [-0.25, -0.2) is 9.97 Å². The zero-order valence-electron chi connectivity index (χ0n) is 16.2. The highest BCUT2D eigenvalue weighted by atomic mass is 16.2. The number of nitrogens with one attached hydrogen (secondary N) is 1. The Labute approximate surface area is 164 Å². The zero-order chi connectivity index (χ0) is 19.5. The van der Waals surface area contributed by atoms with Gasteiger partial charge in [-0.3, -0.25) is 9.89 Å². The van der Waals surface area contributed by atoms with E-state index in [9.17, 15) is 4.79 Å². The standard InChI is InChI=1S/C21H24N6O/c1-26(2)20-13-19(22-14-23-20)15-3-5-17(6-4-15)21(28)27-11-8-16(9-12-27)18-7-10-24-25-18/h3-7,10,13-14,16H,8-9,11-12H2,1-2H3,(H,24,25). The first-order valence-corrected chi connectivity index (χ1v) is 9.50. The summed E-state index contributed by atoms with van der Waals surface area (Å²) >= 11 is 0. The van der Waals surface area contributed by atoms with Gasteiger partial charge in [-0.1, -0.05) is 12.1 Å². The van der Waals surface area contributed by atoms with Crippen LogP contribution in [0, 0.1) is 0 Å². The smallest absolute Gasteiger partial charge is 0.253 e. The van der Waals surface area contributed by atoms with E-state index in [1.54, 1.807) is 12.5 Å². The molecule has 3 heterocycles. The van der Waals surface area contributed by atoms with E-state index in [4.69, 9.17) is 0 Å². The maximum atomic E-state index is 12.9. The molecule has 0 bridgehead atoms. The van der Waals surface area contributed by atoms with E-state index in [1.807, 2.05) is 60.3 Å². The van der Waals surface area contributed by atoms with Gasteiger partial charge >= 0.3 is 0 Å². The van der Waals surface area contributed by atoms with Crippen LogP contribution in [-0.4, -0.2) is 58.2 Å². The molecule has 1 aliphatic rings. The molecule has 1 amide bonds. The molecule has 0 spiro atoms. The minimum Gasteiger partial charge on any atom is -0.363 e. The molecule has 7 nitrogen and oxygen atoms in total. The maximum Gasteiger partial charge on any atom is 0.253 e. The van der Waals surface area contributed by atoms with Crippen LogP contribution in [0.4, 0.5) is 5.82 Å². The van der Waals surface area contributed by atoms with E-state index in [2.05, 4.69) is 20.2 Å². The summed E-state index contributed by atoms with van der Waals surface area (Å²) in [5.74, 6) is 1.40. The molecule has 0 atom stereocenters. The van der Waals surface area contributed by atoms with Gasteiger partial charge in [-0.05, 0) is 31.0 Å². The van der Waals surface area contributed by atoms with E-state index in [-0.39, 0.29) is 5.91 Å². The van der Waals surface area contributed by atoms with Crippen molar-refractivity contribution in [2.45, 2.75) is 18.8 Å². The van der Waals surface area contributed by atoms with Gasteiger partial charge in [-0.2, -0.15) is 5.10 Å². The van der Waals surface area contributed by atoms with Crippen LogP contribution in [0.5, 0.6) is 0 Å². The fourth-order valence-electron chi connectivity index (χ4n) is 3.60. The average molecular weight is 376 g/mol. The number of aromatic amines is 1. The van der Waals surface area contributed by atoms with Gasteiger partial charge in [0.2, 0.25) is 0 Å². The van der Waals surface area contributed by atoms with Crippen molar-refractivity contribution >= 4 is 11.7 Å². The molecular weight excluding hydrogens is 352 g/mol. The fourth-order valence-corrected chi connectivity index (χ4v) is 3.60. The third-order valence-corrected chi connectivity index (χ3v) is 5.28. The first-order chi connectivity index (χ1) is 13.6. The maximum absolute atomic E-state index is 12.9. The van der Waals surface area contributed by atoms with Crippen LogP contribution in [0.3, 0.4) is 0 Å². The first-order valence-electron chi connectivity index (χ1n) is 9.50. The summed E-state index contributed by atoms with van der Waals surface area (Å²) < 4.78 is 0. The van der Waals surface area contributed by atoms with Crippen molar-refractivity contribution in [2.75, 3.05) is 32.1 Å². The second-order valence-corrected chi connectivity index (χ2v) is 7.31. The third-order valence-electron chi connectivity index (χ3n) is 5.28. The number of H-pyrrole nitrogens is 1. The summed E-state index contributed by atoms with van der Waals surface area (Å²) in [6, 6.07) is 11.6. The van der Waals surface area contributed by atoms with E-state index in [0.29, 0.717) is 11.5 Å². The number of carbonyl (C=O) groups excluding carboxylic acids is 1.